The monoisotopic (exact) mass is 490 g/mol. The standard InChI is InChI=1S/C26H20Cl2N4O2/c27-18-8-6-10-20(16-18)29-25(33)31-23-14-4-5-15-24(23)32(22-12-2-1-3-13-22)26(34)30-21-11-7-9-19(28)17-21/h1-17H,(H,30,34)(H2,29,31,33). The molecule has 0 aliphatic carbocycles. The van der Waals surface area contributed by atoms with Crippen molar-refractivity contribution < 1.29 is 9.59 Å². The van der Waals surface area contributed by atoms with Crippen molar-refractivity contribution in [2.45, 2.75) is 0 Å². The number of nitrogens with one attached hydrogen (secondary N) is 3. The van der Waals surface area contributed by atoms with Crippen molar-refractivity contribution in [1.82, 2.24) is 0 Å². The number of carbonyl (C=O) groups excluding carboxylic acids is 2. The van der Waals surface area contributed by atoms with Crippen molar-refractivity contribution in [2.24, 2.45) is 0 Å². The largest absolute Gasteiger partial charge is 0.331 e. The molecule has 6 nitrogen and oxygen atoms in total. The van der Waals surface area contributed by atoms with Gasteiger partial charge in [-0.25, -0.2) is 9.59 Å². The van der Waals surface area contributed by atoms with Crippen molar-refractivity contribution in [3.63, 3.8) is 0 Å². The number of rotatable bonds is 5. The van der Waals surface area contributed by atoms with E-state index >= 15 is 0 Å². The number of anilines is 5. The van der Waals surface area contributed by atoms with Gasteiger partial charge in [0, 0.05) is 21.4 Å². The summed E-state index contributed by atoms with van der Waals surface area (Å²) in [5.41, 5.74) is 2.62. The Morgan fingerprint density at radius 2 is 1.21 bits per heavy atom. The molecule has 0 bridgehead atoms. The minimum atomic E-state index is -0.474. The predicted octanol–water partition coefficient (Wildman–Crippen LogP) is 8.01. The second-order valence-electron chi connectivity index (χ2n) is 7.22. The average molecular weight is 491 g/mol. The zero-order valence-electron chi connectivity index (χ0n) is 17.8. The zero-order chi connectivity index (χ0) is 23.9. The van der Waals surface area contributed by atoms with Gasteiger partial charge in [-0.3, -0.25) is 4.90 Å². The summed E-state index contributed by atoms with van der Waals surface area (Å²) in [6.07, 6.45) is 0. The lowest BCUT2D eigenvalue weighted by molar-refractivity contribution is 0.258. The van der Waals surface area contributed by atoms with Crippen molar-refractivity contribution in [3.8, 4) is 0 Å². The van der Waals surface area contributed by atoms with E-state index in [-0.39, 0.29) is 0 Å². The predicted molar refractivity (Wildman–Crippen MR) is 140 cm³/mol. The van der Waals surface area contributed by atoms with Gasteiger partial charge in [0.25, 0.3) is 0 Å². The first kappa shape index (κ1) is 23.2. The Morgan fingerprint density at radius 1 is 0.618 bits per heavy atom. The van der Waals surface area contributed by atoms with Crippen LogP contribution in [0, 0.1) is 0 Å². The Hall–Kier alpha value is -4.00. The number of hydrogen-bond donors (Lipinski definition) is 3. The fraction of sp³-hybridized carbons (Fsp3) is 0. The minimum absolute atomic E-state index is 0.419. The fourth-order valence-electron chi connectivity index (χ4n) is 3.31. The number of halogens is 2. The van der Waals surface area contributed by atoms with Crippen LogP contribution in [-0.2, 0) is 0 Å². The van der Waals surface area contributed by atoms with Crippen LogP contribution in [-0.4, -0.2) is 12.1 Å². The van der Waals surface area contributed by atoms with Crippen LogP contribution in [0.1, 0.15) is 0 Å². The SMILES string of the molecule is O=C(Nc1cccc(Cl)c1)Nc1ccccc1N(C(=O)Nc1cccc(Cl)c1)c1ccccc1. The summed E-state index contributed by atoms with van der Waals surface area (Å²) in [4.78, 5) is 27.6. The first-order valence-electron chi connectivity index (χ1n) is 10.3. The summed E-state index contributed by atoms with van der Waals surface area (Å²) in [6, 6.07) is 29.0. The molecule has 4 rings (SSSR count). The smallest absolute Gasteiger partial charge is 0.308 e. The molecule has 170 valence electrons. The van der Waals surface area contributed by atoms with E-state index in [1.807, 2.05) is 18.2 Å². The zero-order valence-corrected chi connectivity index (χ0v) is 19.3. The van der Waals surface area contributed by atoms with Crippen LogP contribution in [0.15, 0.2) is 103 Å². The highest BCUT2D eigenvalue weighted by molar-refractivity contribution is 6.31. The van der Waals surface area contributed by atoms with E-state index in [0.717, 1.165) is 0 Å². The van der Waals surface area contributed by atoms with Crippen molar-refractivity contribution in [1.29, 1.82) is 0 Å². The Bertz CT molecular complexity index is 1310. The van der Waals surface area contributed by atoms with E-state index in [2.05, 4.69) is 16.0 Å². The van der Waals surface area contributed by atoms with Crippen LogP contribution in [0.5, 0.6) is 0 Å². The quantitative estimate of drug-likeness (QED) is 0.265. The highest BCUT2D eigenvalue weighted by Crippen LogP contribution is 2.33. The van der Waals surface area contributed by atoms with Crippen molar-refractivity contribution in [3.05, 3.63) is 113 Å². The van der Waals surface area contributed by atoms with E-state index in [4.69, 9.17) is 23.2 Å². The molecule has 0 aliphatic heterocycles. The maximum atomic E-state index is 13.4. The molecule has 4 amide bonds. The van der Waals surface area contributed by atoms with Crippen LogP contribution < -0.4 is 20.9 Å². The number of para-hydroxylation sites is 3. The van der Waals surface area contributed by atoms with Crippen LogP contribution in [0.25, 0.3) is 0 Å². The Morgan fingerprint density at radius 3 is 1.85 bits per heavy atom. The Labute approximate surface area is 207 Å². The number of benzene rings is 4. The molecule has 4 aromatic carbocycles. The van der Waals surface area contributed by atoms with E-state index in [1.165, 1.54) is 4.90 Å². The number of amides is 4. The molecule has 0 atom stereocenters. The molecule has 0 heterocycles. The molecule has 3 N–H and O–H groups in total. The summed E-state index contributed by atoms with van der Waals surface area (Å²) in [5.74, 6) is 0. The lowest BCUT2D eigenvalue weighted by Crippen LogP contribution is -2.32. The van der Waals surface area contributed by atoms with E-state index in [1.54, 1.807) is 84.9 Å². The normalized spacial score (nSPS) is 10.3. The molecular weight excluding hydrogens is 471 g/mol. The van der Waals surface area contributed by atoms with Gasteiger partial charge in [0.15, 0.2) is 0 Å². The van der Waals surface area contributed by atoms with Crippen LogP contribution >= 0.6 is 23.2 Å². The molecule has 0 aromatic heterocycles. The molecule has 0 spiro atoms. The Balaban J connectivity index is 1.64. The van der Waals surface area contributed by atoms with E-state index < -0.39 is 12.1 Å². The van der Waals surface area contributed by atoms with Gasteiger partial charge in [-0.05, 0) is 60.7 Å². The highest BCUT2D eigenvalue weighted by atomic mass is 35.5. The van der Waals surface area contributed by atoms with E-state index in [9.17, 15) is 9.59 Å². The third-order valence-corrected chi connectivity index (χ3v) is 5.24. The maximum Gasteiger partial charge on any atom is 0.331 e. The third-order valence-electron chi connectivity index (χ3n) is 4.77. The van der Waals surface area contributed by atoms with Crippen LogP contribution in [0.4, 0.5) is 38.0 Å². The van der Waals surface area contributed by atoms with Gasteiger partial charge in [-0.1, -0.05) is 65.7 Å². The highest BCUT2D eigenvalue weighted by Gasteiger charge is 2.22. The molecule has 0 fully saturated rings. The molecule has 0 radical (unpaired) electrons. The van der Waals surface area contributed by atoms with Gasteiger partial charge in [0.1, 0.15) is 0 Å². The summed E-state index contributed by atoms with van der Waals surface area (Å²) in [7, 11) is 0. The lowest BCUT2D eigenvalue weighted by atomic mass is 10.2. The van der Waals surface area contributed by atoms with Crippen molar-refractivity contribution in [2.75, 3.05) is 20.9 Å². The molecule has 0 saturated heterocycles. The summed E-state index contributed by atoms with van der Waals surface area (Å²) in [5, 5.41) is 9.44. The van der Waals surface area contributed by atoms with Crippen LogP contribution in [0.2, 0.25) is 10.0 Å². The molecule has 0 unspecified atom stereocenters. The number of nitrogens with zero attached hydrogens (tertiary/aromatic N) is 1. The van der Waals surface area contributed by atoms with Gasteiger partial charge < -0.3 is 16.0 Å². The number of urea groups is 2. The molecule has 4 aromatic rings. The van der Waals surface area contributed by atoms with Gasteiger partial charge in [-0.2, -0.15) is 0 Å². The summed E-state index contributed by atoms with van der Waals surface area (Å²) < 4.78 is 0. The average Bonchev–Trinajstić information content (AvgIpc) is 2.81. The molecule has 0 aliphatic rings. The molecule has 34 heavy (non-hydrogen) atoms. The maximum absolute atomic E-state index is 13.4. The third kappa shape index (κ3) is 5.86. The lowest BCUT2D eigenvalue weighted by Gasteiger charge is -2.26. The minimum Gasteiger partial charge on any atom is -0.308 e. The fourth-order valence-corrected chi connectivity index (χ4v) is 3.69. The molecule has 0 saturated carbocycles. The topological polar surface area (TPSA) is 73.5 Å². The first-order valence-corrected chi connectivity index (χ1v) is 11.1. The van der Waals surface area contributed by atoms with Gasteiger partial charge in [0.05, 0.1) is 17.1 Å². The van der Waals surface area contributed by atoms with Crippen molar-refractivity contribution >= 4 is 63.7 Å². The van der Waals surface area contributed by atoms with Crippen LogP contribution in [0.3, 0.4) is 0 Å². The first-order chi connectivity index (χ1) is 16.5. The van der Waals surface area contributed by atoms with Gasteiger partial charge in [0.2, 0.25) is 0 Å². The van der Waals surface area contributed by atoms with E-state index in [0.29, 0.717) is 38.5 Å². The number of carbonyl (C=O) groups is 2. The molecule has 8 heteroatoms. The second-order valence-corrected chi connectivity index (χ2v) is 8.09. The Kier molecular flexibility index (Phi) is 7.32. The number of hydrogen-bond acceptors (Lipinski definition) is 2. The van der Waals surface area contributed by atoms with Gasteiger partial charge >= 0.3 is 12.1 Å². The summed E-state index contributed by atoms with van der Waals surface area (Å²) in [6.45, 7) is 0. The van der Waals surface area contributed by atoms with Gasteiger partial charge in [-0.15, -0.1) is 0 Å². The molecular formula is C26H20Cl2N4O2. The second kappa shape index (κ2) is 10.7. The summed E-state index contributed by atoms with van der Waals surface area (Å²) >= 11 is 12.1.